The molecule has 0 saturated heterocycles. The van der Waals surface area contributed by atoms with Crippen molar-refractivity contribution in [3.8, 4) is 0 Å². The van der Waals surface area contributed by atoms with Crippen molar-refractivity contribution in [1.29, 1.82) is 0 Å². The van der Waals surface area contributed by atoms with Crippen LogP contribution in [0.15, 0.2) is 5.16 Å². The lowest BCUT2D eigenvalue weighted by Crippen LogP contribution is -2.18. The fourth-order valence-corrected chi connectivity index (χ4v) is 0.392. The third-order valence-corrected chi connectivity index (χ3v) is 2.15. The summed E-state index contributed by atoms with van der Waals surface area (Å²) in [5, 5.41) is 4.95. The molecule has 0 spiro atoms. The Balaban J connectivity index is 4.31. The molecule has 0 heterocycles. The number of carbonyl (C=O) groups is 1. The fraction of sp³-hybridized carbons (Fsp3) is 0.600. The van der Waals surface area contributed by atoms with E-state index in [1.54, 1.807) is 0 Å². The van der Waals surface area contributed by atoms with E-state index in [9.17, 15) is 13.2 Å². The van der Waals surface area contributed by atoms with Crippen molar-refractivity contribution in [2.75, 3.05) is 13.3 Å². The van der Waals surface area contributed by atoms with E-state index in [0.717, 1.165) is 6.26 Å². The number of hydrogen-bond acceptors (Lipinski definition) is 5. The van der Waals surface area contributed by atoms with E-state index in [1.807, 2.05) is 0 Å². The highest BCUT2D eigenvalue weighted by atomic mass is 32.2. The smallest absolute Gasteiger partial charge is 0.323 e. The molecule has 0 aliphatic heterocycles. The van der Waals surface area contributed by atoms with E-state index >= 15 is 0 Å². The predicted octanol–water partition coefficient (Wildman–Crippen LogP) is -0.280. The van der Waals surface area contributed by atoms with Crippen LogP contribution in [0.4, 0.5) is 4.79 Å². The topological polar surface area (TPSA) is 84.8 Å². The van der Waals surface area contributed by atoms with Gasteiger partial charge in [-0.2, -0.15) is 0 Å². The van der Waals surface area contributed by atoms with Crippen LogP contribution in [-0.4, -0.2) is 32.9 Å². The van der Waals surface area contributed by atoms with Crippen LogP contribution < -0.4 is 5.32 Å². The lowest BCUT2D eigenvalue weighted by Gasteiger charge is -1.96. The van der Waals surface area contributed by atoms with Crippen molar-refractivity contribution in [3.63, 3.8) is 0 Å². The van der Waals surface area contributed by atoms with Crippen molar-refractivity contribution in [3.05, 3.63) is 0 Å². The van der Waals surface area contributed by atoms with Gasteiger partial charge in [0.25, 0.3) is 0 Å². The predicted molar refractivity (Wildman–Crippen MR) is 43.5 cm³/mol. The molecule has 70 valence electrons. The van der Waals surface area contributed by atoms with Crippen molar-refractivity contribution in [2.24, 2.45) is 5.16 Å². The lowest BCUT2D eigenvalue weighted by atomic mass is 10.9. The van der Waals surface area contributed by atoms with E-state index < -0.39 is 15.9 Å². The highest BCUT2D eigenvalue weighted by Crippen LogP contribution is 1.90. The van der Waals surface area contributed by atoms with Crippen LogP contribution in [0.3, 0.4) is 0 Å². The molecule has 0 unspecified atom stereocenters. The van der Waals surface area contributed by atoms with Gasteiger partial charge >= 0.3 is 6.09 Å². The number of oxime groups is 1. The minimum Gasteiger partial charge on any atom is -0.323 e. The SMILES string of the molecule is CNC(=O)ON=C(C)S(C)(=O)=O. The summed E-state index contributed by atoms with van der Waals surface area (Å²) in [6.45, 7) is 1.23. The number of nitrogens with zero attached hydrogens (tertiary/aromatic N) is 1. The molecule has 0 atom stereocenters. The van der Waals surface area contributed by atoms with Crippen LogP contribution in [0.1, 0.15) is 6.92 Å². The molecular formula is C5H10N2O4S. The Morgan fingerprint density at radius 1 is 1.50 bits per heavy atom. The summed E-state index contributed by atoms with van der Waals surface area (Å²) in [5.41, 5.74) is 0. The molecule has 0 saturated carbocycles. The number of rotatable bonds is 1. The van der Waals surface area contributed by atoms with Crippen LogP contribution in [0, 0.1) is 0 Å². The molecule has 0 fully saturated rings. The summed E-state index contributed by atoms with van der Waals surface area (Å²) in [7, 11) is -2.02. The van der Waals surface area contributed by atoms with Gasteiger partial charge in [-0.3, -0.25) is 4.84 Å². The zero-order valence-corrected chi connectivity index (χ0v) is 7.80. The van der Waals surface area contributed by atoms with Gasteiger partial charge in [0, 0.05) is 13.3 Å². The maximum absolute atomic E-state index is 10.7. The molecule has 1 amide bonds. The van der Waals surface area contributed by atoms with E-state index in [0.29, 0.717) is 0 Å². The number of sulfone groups is 1. The molecule has 0 bridgehead atoms. The number of carbonyl (C=O) groups excluding carboxylic acids is 1. The summed E-state index contributed by atoms with van der Waals surface area (Å²) < 4.78 is 21.4. The van der Waals surface area contributed by atoms with Crippen molar-refractivity contribution >= 4 is 21.0 Å². The van der Waals surface area contributed by atoms with Crippen molar-refractivity contribution in [2.45, 2.75) is 6.92 Å². The maximum atomic E-state index is 10.7. The molecule has 1 N–H and O–H groups in total. The zero-order valence-electron chi connectivity index (χ0n) is 6.99. The molecule has 0 aliphatic carbocycles. The van der Waals surface area contributed by atoms with Crippen LogP contribution in [0.2, 0.25) is 0 Å². The van der Waals surface area contributed by atoms with E-state index in [-0.39, 0.29) is 5.04 Å². The van der Waals surface area contributed by atoms with Gasteiger partial charge in [-0.25, -0.2) is 13.2 Å². The quantitative estimate of drug-likeness (QED) is 0.269. The molecule has 7 heteroatoms. The van der Waals surface area contributed by atoms with Crippen LogP contribution in [0.25, 0.3) is 0 Å². The van der Waals surface area contributed by atoms with Crippen LogP contribution in [0.5, 0.6) is 0 Å². The minimum absolute atomic E-state index is 0.244. The molecule has 0 aromatic carbocycles. The number of hydrogen-bond donors (Lipinski definition) is 1. The van der Waals surface area contributed by atoms with Gasteiger partial charge in [0.1, 0.15) is 0 Å². The number of nitrogens with one attached hydrogen (secondary N) is 1. The first-order valence-electron chi connectivity index (χ1n) is 3.01. The maximum Gasteiger partial charge on any atom is 0.433 e. The third kappa shape index (κ3) is 3.91. The summed E-state index contributed by atoms with van der Waals surface area (Å²) in [5.74, 6) is 0. The van der Waals surface area contributed by atoms with Crippen LogP contribution >= 0.6 is 0 Å². The van der Waals surface area contributed by atoms with E-state index in [2.05, 4.69) is 15.3 Å². The normalized spacial score (nSPS) is 12.4. The molecule has 0 aromatic heterocycles. The van der Waals surface area contributed by atoms with Crippen molar-refractivity contribution in [1.82, 2.24) is 5.32 Å². The average molecular weight is 194 g/mol. The second-order valence-electron chi connectivity index (χ2n) is 2.01. The Labute approximate surface area is 70.5 Å². The minimum atomic E-state index is -3.36. The Kier molecular flexibility index (Phi) is 3.68. The highest BCUT2D eigenvalue weighted by molar-refractivity contribution is 8.05. The standard InChI is InChI=1S/C5H10N2O4S/c1-4(12(3,9)10)7-11-5(8)6-2/h1-3H3,(H,6,8). The monoisotopic (exact) mass is 194 g/mol. The molecule has 12 heavy (non-hydrogen) atoms. The highest BCUT2D eigenvalue weighted by Gasteiger charge is 2.08. The summed E-state index contributed by atoms with van der Waals surface area (Å²) in [4.78, 5) is 14.5. The molecule has 6 nitrogen and oxygen atoms in total. The van der Waals surface area contributed by atoms with E-state index in [1.165, 1.54) is 14.0 Å². The van der Waals surface area contributed by atoms with Crippen molar-refractivity contribution < 1.29 is 18.0 Å². The molecule has 0 aliphatic rings. The van der Waals surface area contributed by atoms with Gasteiger partial charge in [0.2, 0.25) is 0 Å². The van der Waals surface area contributed by atoms with Gasteiger partial charge in [0.05, 0.1) is 0 Å². The van der Waals surface area contributed by atoms with E-state index in [4.69, 9.17) is 0 Å². The Morgan fingerprint density at radius 3 is 2.33 bits per heavy atom. The third-order valence-electron chi connectivity index (χ3n) is 0.998. The Hall–Kier alpha value is -1.11. The Bertz CT molecular complexity index is 293. The lowest BCUT2D eigenvalue weighted by molar-refractivity contribution is 0.153. The fourth-order valence-electron chi connectivity index (χ4n) is 0.219. The molecule has 0 rings (SSSR count). The second kappa shape index (κ2) is 4.05. The van der Waals surface area contributed by atoms with Gasteiger partial charge in [-0.05, 0) is 6.92 Å². The zero-order chi connectivity index (χ0) is 9.78. The first-order chi connectivity index (χ1) is 5.38. The summed E-state index contributed by atoms with van der Waals surface area (Å²) in [6.07, 6.45) is 0.164. The Morgan fingerprint density at radius 2 is 2.00 bits per heavy atom. The molecular weight excluding hydrogens is 184 g/mol. The average Bonchev–Trinajstić information content (AvgIpc) is 1.97. The number of amides is 1. The first-order valence-corrected chi connectivity index (χ1v) is 4.90. The van der Waals surface area contributed by atoms with Gasteiger partial charge < -0.3 is 5.32 Å². The van der Waals surface area contributed by atoms with Gasteiger partial charge in [-0.15, -0.1) is 0 Å². The molecule has 0 radical (unpaired) electrons. The molecule has 0 aromatic rings. The largest absolute Gasteiger partial charge is 0.433 e. The summed E-state index contributed by atoms with van der Waals surface area (Å²) >= 11 is 0. The van der Waals surface area contributed by atoms with Gasteiger partial charge in [0.15, 0.2) is 14.9 Å². The second-order valence-corrected chi connectivity index (χ2v) is 4.15. The van der Waals surface area contributed by atoms with Gasteiger partial charge in [-0.1, -0.05) is 5.16 Å². The summed E-state index contributed by atoms with van der Waals surface area (Å²) in [6, 6.07) is 0. The van der Waals surface area contributed by atoms with Crippen LogP contribution in [-0.2, 0) is 14.7 Å². The first kappa shape index (κ1) is 10.9.